The van der Waals surface area contributed by atoms with E-state index in [0.29, 0.717) is 17.9 Å². The molecule has 0 saturated carbocycles. The van der Waals surface area contributed by atoms with Gasteiger partial charge in [0.25, 0.3) is 0 Å². The van der Waals surface area contributed by atoms with E-state index in [1.165, 1.54) is 77.0 Å². The van der Waals surface area contributed by atoms with Crippen LogP contribution in [0, 0.1) is 0 Å². The van der Waals surface area contributed by atoms with E-state index in [2.05, 4.69) is 13.8 Å². The molecule has 0 amide bonds. The topological polar surface area (TPSA) is 35.5 Å². The first-order chi connectivity index (χ1) is 13.8. The summed E-state index contributed by atoms with van der Waals surface area (Å²) in [5, 5.41) is 0. The predicted molar refractivity (Wildman–Crippen MR) is 119 cm³/mol. The van der Waals surface area contributed by atoms with Crippen LogP contribution in [0.15, 0.2) is 18.2 Å². The number of ether oxygens (including phenoxy) is 2. The molecule has 0 aliphatic heterocycles. The molecule has 0 fully saturated rings. The van der Waals surface area contributed by atoms with Gasteiger partial charge in [-0.1, -0.05) is 90.9 Å². The van der Waals surface area contributed by atoms with E-state index in [9.17, 15) is 4.79 Å². The number of rotatable bonds is 19. The molecule has 1 rings (SSSR count). The van der Waals surface area contributed by atoms with Crippen molar-refractivity contribution in [3.05, 3.63) is 23.8 Å². The van der Waals surface area contributed by atoms with Gasteiger partial charge in [-0.15, -0.1) is 0 Å². The van der Waals surface area contributed by atoms with Crippen LogP contribution >= 0.6 is 0 Å². The zero-order valence-corrected chi connectivity index (χ0v) is 18.3. The molecule has 0 saturated heterocycles. The Morgan fingerprint density at radius 3 is 1.71 bits per heavy atom. The predicted octanol–water partition coefficient (Wildman–Crippen LogP) is 7.76. The number of hydrogen-bond acceptors (Lipinski definition) is 3. The molecule has 1 aromatic carbocycles. The molecular formula is C25H42O3. The molecule has 0 aliphatic carbocycles. The first kappa shape index (κ1) is 24.5. The maximum absolute atomic E-state index is 11.3. The molecule has 3 nitrogen and oxygen atoms in total. The number of hydrogen-bond donors (Lipinski definition) is 0. The third-order valence-corrected chi connectivity index (χ3v) is 5.13. The number of carbonyl (C=O) groups is 1. The lowest BCUT2D eigenvalue weighted by Crippen LogP contribution is -2.02. The van der Waals surface area contributed by atoms with Crippen LogP contribution < -0.4 is 9.47 Å². The number of benzene rings is 1. The van der Waals surface area contributed by atoms with Crippen molar-refractivity contribution in [2.45, 2.75) is 104 Å². The fourth-order valence-corrected chi connectivity index (χ4v) is 3.32. The summed E-state index contributed by atoms with van der Waals surface area (Å²) in [5.74, 6) is 1.45. The van der Waals surface area contributed by atoms with Crippen molar-refractivity contribution >= 4 is 6.29 Å². The van der Waals surface area contributed by atoms with Gasteiger partial charge in [0.15, 0.2) is 6.29 Å². The second kappa shape index (κ2) is 17.6. The van der Waals surface area contributed by atoms with Crippen LogP contribution in [0.3, 0.4) is 0 Å². The molecule has 0 bridgehead atoms. The maximum atomic E-state index is 11.3. The lowest BCUT2D eigenvalue weighted by Gasteiger charge is -2.12. The highest BCUT2D eigenvalue weighted by Gasteiger charge is 2.06. The van der Waals surface area contributed by atoms with Gasteiger partial charge in [0, 0.05) is 6.07 Å². The summed E-state index contributed by atoms with van der Waals surface area (Å²) in [4.78, 5) is 11.3. The average molecular weight is 391 g/mol. The van der Waals surface area contributed by atoms with E-state index in [1.54, 1.807) is 6.07 Å². The van der Waals surface area contributed by atoms with E-state index < -0.39 is 0 Å². The maximum Gasteiger partial charge on any atom is 0.153 e. The summed E-state index contributed by atoms with van der Waals surface area (Å²) < 4.78 is 11.7. The van der Waals surface area contributed by atoms with Crippen LogP contribution in [0.4, 0.5) is 0 Å². The third-order valence-electron chi connectivity index (χ3n) is 5.13. The molecule has 160 valence electrons. The van der Waals surface area contributed by atoms with Crippen molar-refractivity contribution in [3.8, 4) is 11.5 Å². The Bertz CT molecular complexity index is 499. The fraction of sp³-hybridized carbons (Fsp3) is 0.720. The van der Waals surface area contributed by atoms with Gasteiger partial charge in [0.2, 0.25) is 0 Å². The van der Waals surface area contributed by atoms with Crippen LogP contribution in [0.2, 0.25) is 0 Å². The van der Waals surface area contributed by atoms with Crippen molar-refractivity contribution < 1.29 is 14.3 Å². The first-order valence-corrected chi connectivity index (χ1v) is 11.7. The van der Waals surface area contributed by atoms with Gasteiger partial charge in [-0.05, 0) is 25.0 Å². The summed E-state index contributed by atoms with van der Waals surface area (Å²) in [6, 6.07) is 5.53. The molecule has 28 heavy (non-hydrogen) atoms. The zero-order valence-electron chi connectivity index (χ0n) is 18.3. The molecule has 0 atom stereocenters. The quantitative estimate of drug-likeness (QED) is 0.179. The Morgan fingerprint density at radius 2 is 1.18 bits per heavy atom. The second-order valence-corrected chi connectivity index (χ2v) is 7.76. The summed E-state index contributed by atoms with van der Waals surface area (Å²) in [6.07, 6.45) is 18.5. The lowest BCUT2D eigenvalue weighted by atomic mass is 10.1. The van der Waals surface area contributed by atoms with Crippen LogP contribution in [0.25, 0.3) is 0 Å². The van der Waals surface area contributed by atoms with E-state index >= 15 is 0 Å². The fourth-order valence-electron chi connectivity index (χ4n) is 3.32. The van der Waals surface area contributed by atoms with Gasteiger partial charge < -0.3 is 9.47 Å². The van der Waals surface area contributed by atoms with Crippen molar-refractivity contribution in [1.82, 2.24) is 0 Å². The summed E-state index contributed by atoms with van der Waals surface area (Å²) in [6.45, 7) is 5.88. The highest BCUT2D eigenvalue weighted by molar-refractivity contribution is 5.79. The standard InChI is InChI=1S/C25H42O3/c1-3-5-7-9-11-13-15-19-27-24-18-17-23(22-26)25(21-24)28-20-16-14-12-10-8-6-4-2/h17-18,21-22H,3-16,19-20H2,1-2H3. The van der Waals surface area contributed by atoms with E-state index in [-0.39, 0.29) is 0 Å². The molecule has 0 spiro atoms. The van der Waals surface area contributed by atoms with Gasteiger partial charge in [-0.25, -0.2) is 0 Å². The first-order valence-electron chi connectivity index (χ1n) is 11.7. The van der Waals surface area contributed by atoms with E-state index in [0.717, 1.165) is 31.5 Å². The number of carbonyl (C=O) groups excluding carboxylic acids is 1. The molecule has 0 radical (unpaired) electrons. The Labute approximate surface area is 173 Å². The van der Waals surface area contributed by atoms with Gasteiger partial charge in [0.05, 0.1) is 18.8 Å². The van der Waals surface area contributed by atoms with Crippen molar-refractivity contribution in [2.24, 2.45) is 0 Å². The largest absolute Gasteiger partial charge is 0.493 e. The Morgan fingerprint density at radius 1 is 0.679 bits per heavy atom. The third kappa shape index (κ3) is 12.0. The molecule has 0 unspecified atom stereocenters. The van der Waals surface area contributed by atoms with Crippen molar-refractivity contribution in [3.63, 3.8) is 0 Å². The monoisotopic (exact) mass is 390 g/mol. The number of aldehydes is 1. The SMILES string of the molecule is CCCCCCCCCOc1ccc(C=O)c(OCCCCCCCCC)c1. The van der Waals surface area contributed by atoms with Crippen molar-refractivity contribution in [1.29, 1.82) is 0 Å². The minimum absolute atomic E-state index is 0.603. The number of unbranched alkanes of at least 4 members (excludes halogenated alkanes) is 12. The lowest BCUT2D eigenvalue weighted by molar-refractivity contribution is 0.111. The normalized spacial score (nSPS) is 10.8. The van der Waals surface area contributed by atoms with Crippen LogP contribution in [-0.2, 0) is 0 Å². The van der Waals surface area contributed by atoms with Crippen LogP contribution in [-0.4, -0.2) is 19.5 Å². The molecule has 0 aliphatic rings. The Kier molecular flexibility index (Phi) is 15.4. The molecule has 3 heteroatoms. The highest BCUT2D eigenvalue weighted by atomic mass is 16.5. The molecular weight excluding hydrogens is 348 g/mol. The highest BCUT2D eigenvalue weighted by Crippen LogP contribution is 2.24. The summed E-state index contributed by atoms with van der Waals surface area (Å²) >= 11 is 0. The smallest absolute Gasteiger partial charge is 0.153 e. The molecule has 1 aromatic rings. The minimum atomic E-state index is 0.603. The summed E-state index contributed by atoms with van der Waals surface area (Å²) in [7, 11) is 0. The minimum Gasteiger partial charge on any atom is -0.493 e. The molecule has 0 N–H and O–H groups in total. The van der Waals surface area contributed by atoms with Gasteiger partial charge in [-0.3, -0.25) is 4.79 Å². The van der Waals surface area contributed by atoms with Crippen LogP contribution in [0.1, 0.15) is 114 Å². The van der Waals surface area contributed by atoms with E-state index in [1.807, 2.05) is 12.1 Å². The Balaban J connectivity index is 2.23. The molecule has 0 heterocycles. The van der Waals surface area contributed by atoms with E-state index in [4.69, 9.17) is 9.47 Å². The molecule has 0 aromatic heterocycles. The Hall–Kier alpha value is -1.51. The van der Waals surface area contributed by atoms with Gasteiger partial charge in [0.1, 0.15) is 11.5 Å². The second-order valence-electron chi connectivity index (χ2n) is 7.76. The van der Waals surface area contributed by atoms with Crippen LogP contribution in [0.5, 0.6) is 11.5 Å². The van der Waals surface area contributed by atoms with Gasteiger partial charge in [-0.2, -0.15) is 0 Å². The van der Waals surface area contributed by atoms with Crippen molar-refractivity contribution in [2.75, 3.05) is 13.2 Å². The average Bonchev–Trinajstić information content (AvgIpc) is 2.72. The van der Waals surface area contributed by atoms with Gasteiger partial charge >= 0.3 is 0 Å². The zero-order chi connectivity index (χ0) is 20.3. The summed E-state index contributed by atoms with van der Waals surface area (Å²) in [5.41, 5.74) is 0.603.